The van der Waals surface area contributed by atoms with Gasteiger partial charge in [-0.05, 0) is 67.3 Å². The summed E-state index contributed by atoms with van der Waals surface area (Å²) in [6.45, 7) is 12.9. The van der Waals surface area contributed by atoms with Crippen LogP contribution in [0, 0.1) is 33.6 Å². The highest BCUT2D eigenvalue weighted by Crippen LogP contribution is 2.35. The van der Waals surface area contributed by atoms with Crippen molar-refractivity contribution in [2.24, 2.45) is 11.7 Å². The molecular weight excluding hydrogens is 222 g/mol. The Bertz CT molecular complexity index is 434. The summed E-state index contributed by atoms with van der Waals surface area (Å²) in [7, 11) is 0. The van der Waals surface area contributed by atoms with Crippen LogP contribution in [0.25, 0.3) is 0 Å². The Kier molecular flexibility index (Phi) is 4.55. The van der Waals surface area contributed by atoms with Crippen molar-refractivity contribution in [3.05, 3.63) is 33.9 Å². The molecule has 0 fully saturated rings. The lowest BCUT2D eigenvalue weighted by Gasteiger charge is -2.26. The molecule has 0 aliphatic carbocycles. The van der Waals surface area contributed by atoms with Crippen LogP contribution in [0.15, 0.2) is 6.07 Å². The number of amides is 1. The van der Waals surface area contributed by atoms with E-state index >= 15 is 0 Å². The summed E-state index contributed by atoms with van der Waals surface area (Å²) in [6, 6.07) is 2.22. The molecule has 0 aromatic heterocycles. The van der Waals surface area contributed by atoms with E-state index in [-0.39, 0.29) is 11.8 Å². The number of primary amides is 1. The zero-order valence-electron chi connectivity index (χ0n) is 12.4. The van der Waals surface area contributed by atoms with Gasteiger partial charge < -0.3 is 5.73 Å². The first-order valence-electron chi connectivity index (χ1n) is 6.61. The van der Waals surface area contributed by atoms with Gasteiger partial charge in [0.1, 0.15) is 0 Å². The molecule has 0 saturated carbocycles. The number of hydrogen-bond acceptors (Lipinski definition) is 1. The van der Waals surface area contributed by atoms with Gasteiger partial charge in [0.15, 0.2) is 0 Å². The van der Waals surface area contributed by atoms with E-state index in [1.807, 2.05) is 0 Å². The Morgan fingerprint density at radius 2 is 1.56 bits per heavy atom. The van der Waals surface area contributed by atoms with Crippen molar-refractivity contribution in [3.63, 3.8) is 0 Å². The van der Waals surface area contributed by atoms with Crippen LogP contribution in [-0.4, -0.2) is 5.91 Å². The number of nitrogens with two attached hydrogens (primary N) is 1. The van der Waals surface area contributed by atoms with Gasteiger partial charge in [0.25, 0.3) is 0 Å². The second-order valence-electron chi connectivity index (χ2n) is 5.69. The molecule has 100 valence electrons. The minimum absolute atomic E-state index is 0.216. The highest BCUT2D eigenvalue weighted by atomic mass is 16.1. The fourth-order valence-corrected chi connectivity index (χ4v) is 2.69. The summed E-state index contributed by atoms with van der Waals surface area (Å²) in [5.74, 6) is 0.420. The third kappa shape index (κ3) is 2.92. The van der Waals surface area contributed by atoms with Crippen LogP contribution >= 0.6 is 0 Å². The van der Waals surface area contributed by atoms with E-state index in [0.29, 0.717) is 12.3 Å². The summed E-state index contributed by atoms with van der Waals surface area (Å²) in [5.41, 5.74) is 11.9. The van der Waals surface area contributed by atoms with Crippen molar-refractivity contribution < 1.29 is 4.79 Å². The molecule has 1 unspecified atom stereocenters. The van der Waals surface area contributed by atoms with Crippen LogP contribution in [0.1, 0.15) is 54.0 Å². The first kappa shape index (κ1) is 14.7. The Labute approximate surface area is 111 Å². The number of carbonyl (C=O) groups excluding carboxylic acids is 1. The predicted octanol–water partition coefficient (Wildman–Crippen LogP) is 3.54. The fraction of sp³-hybridized carbons (Fsp3) is 0.562. The minimum atomic E-state index is -0.216. The lowest BCUT2D eigenvalue weighted by Crippen LogP contribution is -2.20. The molecule has 0 aliphatic rings. The highest BCUT2D eigenvalue weighted by molar-refractivity contribution is 5.75. The van der Waals surface area contributed by atoms with Gasteiger partial charge >= 0.3 is 0 Å². The molecule has 1 amide bonds. The third-order valence-electron chi connectivity index (χ3n) is 4.02. The summed E-state index contributed by atoms with van der Waals surface area (Å²) < 4.78 is 0. The summed E-state index contributed by atoms with van der Waals surface area (Å²) in [5, 5.41) is 0. The largest absolute Gasteiger partial charge is 0.370 e. The van der Waals surface area contributed by atoms with Crippen LogP contribution in [0.4, 0.5) is 0 Å². The molecule has 1 rings (SSSR count). The van der Waals surface area contributed by atoms with Crippen LogP contribution in [0.5, 0.6) is 0 Å². The first-order chi connectivity index (χ1) is 8.25. The van der Waals surface area contributed by atoms with E-state index in [9.17, 15) is 4.79 Å². The number of rotatable bonds is 4. The smallest absolute Gasteiger partial charge is 0.218 e. The van der Waals surface area contributed by atoms with Crippen molar-refractivity contribution in [1.29, 1.82) is 0 Å². The summed E-state index contributed by atoms with van der Waals surface area (Å²) in [4.78, 5) is 11.3. The van der Waals surface area contributed by atoms with Gasteiger partial charge in [-0.3, -0.25) is 4.79 Å². The zero-order chi connectivity index (χ0) is 14.0. The number of benzene rings is 1. The molecule has 0 radical (unpaired) electrons. The first-order valence-corrected chi connectivity index (χ1v) is 6.61. The molecule has 0 spiro atoms. The van der Waals surface area contributed by atoms with Crippen LogP contribution in [0.3, 0.4) is 0 Å². The van der Waals surface area contributed by atoms with Crippen LogP contribution in [0.2, 0.25) is 0 Å². The Hall–Kier alpha value is -1.31. The maximum absolute atomic E-state index is 11.3. The van der Waals surface area contributed by atoms with Crippen molar-refractivity contribution >= 4 is 5.91 Å². The number of hydrogen-bond donors (Lipinski definition) is 1. The van der Waals surface area contributed by atoms with Crippen LogP contribution < -0.4 is 5.73 Å². The lowest BCUT2D eigenvalue weighted by molar-refractivity contribution is -0.118. The molecule has 0 bridgehead atoms. The molecular formula is C16H25NO. The van der Waals surface area contributed by atoms with Gasteiger partial charge in [-0.15, -0.1) is 0 Å². The SMILES string of the molecule is Cc1cc(C)c(C)c(C(CC(N)=O)C(C)C)c1C. The van der Waals surface area contributed by atoms with Crippen LogP contribution in [-0.2, 0) is 4.79 Å². The average Bonchev–Trinajstić information content (AvgIpc) is 2.24. The molecule has 1 aromatic rings. The maximum Gasteiger partial charge on any atom is 0.218 e. The molecule has 18 heavy (non-hydrogen) atoms. The van der Waals surface area contributed by atoms with E-state index in [2.05, 4.69) is 47.6 Å². The van der Waals surface area contributed by atoms with Crippen molar-refractivity contribution in [2.45, 2.75) is 53.9 Å². The molecule has 0 aliphatic heterocycles. The monoisotopic (exact) mass is 247 g/mol. The molecule has 2 N–H and O–H groups in total. The quantitative estimate of drug-likeness (QED) is 0.869. The molecule has 2 heteroatoms. The van der Waals surface area contributed by atoms with Gasteiger partial charge in [0.2, 0.25) is 5.91 Å². The van der Waals surface area contributed by atoms with E-state index in [1.165, 1.54) is 27.8 Å². The Morgan fingerprint density at radius 3 is 1.89 bits per heavy atom. The predicted molar refractivity (Wildman–Crippen MR) is 76.8 cm³/mol. The maximum atomic E-state index is 11.3. The Balaban J connectivity index is 3.40. The Morgan fingerprint density at radius 1 is 1.11 bits per heavy atom. The molecule has 1 aromatic carbocycles. The lowest BCUT2D eigenvalue weighted by atomic mass is 9.79. The number of carbonyl (C=O) groups is 1. The second kappa shape index (κ2) is 5.55. The van der Waals surface area contributed by atoms with Gasteiger partial charge in [-0.25, -0.2) is 0 Å². The zero-order valence-corrected chi connectivity index (χ0v) is 12.4. The van der Waals surface area contributed by atoms with Crippen molar-refractivity contribution in [2.75, 3.05) is 0 Å². The highest BCUT2D eigenvalue weighted by Gasteiger charge is 2.23. The standard InChI is InChI=1S/C16H25NO/c1-9(2)14(8-15(17)18)16-12(5)10(3)7-11(4)13(16)6/h7,9,14H,8H2,1-6H3,(H2,17,18). The summed E-state index contributed by atoms with van der Waals surface area (Å²) >= 11 is 0. The molecule has 1 atom stereocenters. The van der Waals surface area contributed by atoms with E-state index in [0.717, 1.165) is 0 Å². The molecule has 2 nitrogen and oxygen atoms in total. The second-order valence-corrected chi connectivity index (χ2v) is 5.69. The van der Waals surface area contributed by atoms with Crippen molar-refractivity contribution in [1.82, 2.24) is 0 Å². The number of aryl methyl sites for hydroxylation is 2. The minimum Gasteiger partial charge on any atom is -0.370 e. The topological polar surface area (TPSA) is 43.1 Å². The van der Waals surface area contributed by atoms with E-state index in [4.69, 9.17) is 5.73 Å². The van der Waals surface area contributed by atoms with Gasteiger partial charge in [-0.1, -0.05) is 19.9 Å². The molecule has 0 heterocycles. The summed E-state index contributed by atoms with van der Waals surface area (Å²) in [6.07, 6.45) is 0.433. The van der Waals surface area contributed by atoms with Crippen molar-refractivity contribution in [3.8, 4) is 0 Å². The van der Waals surface area contributed by atoms with Gasteiger partial charge in [0.05, 0.1) is 0 Å². The normalized spacial score (nSPS) is 12.8. The molecule has 0 saturated heterocycles. The van der Waals surface area contributed by atoms with Gasteiger partial charge in [0, 0.05) is 6.42 Å². The van der Waals surface area contributed by atoms with Gasteiger partial charge in [-0.2, -0.15) is 0 Å². The van der Waals surface area contributed by atoms with E-state index in [1.54, 1.807) is 0 Å². The average molecular weight is 247 g/mol. The third-order valence-corrected chi connectivity index (χ3v) is 4.02. The van der Waals surface area contributed by atoms with E-state index < -0.39 is 0 Å². The fourth-order valence-electron chi connectivity index (χ4n) is 2.69.